The Bertz CT molecular complexity index is 2750. The van der Waals surface area contributed by atoms with Crippen molar-refractivity contribution in [3.05, 3.63) is 140 Å². The summed E-state index contributed by atoms with van der Waals surface area (Å²) in [6.07, 6.45) is 0.825. The van der Waals surface area contributed by atoms with Crippen LogP contribution in [-0.2, 0) is 17.8 Å². The van der Waals surface area contributed by atoms with Crippen LogP contribution in [0.4, 0.5) is 0 Å². The van der Waals surface area contributed by atoms with Crippen molar-refractivity contribution in [1.29, 1.82) is 0 Å². The molecule has 12 atom stereocenters. The predicted octanol–water partition coefficient (Wildman–Crippen LogP) is 5.42. The molecule has 1 saturated carbocycles. The van der Waals surface area contributed by atoms with Gasteiger partial charge in [-0.05, 0) is 120 Å². The van der Waals surface area contributed by atoms with E-state index in [9.17, 15) is 35.7 Å². The molecule has 350 valence electrons. The van der Waals surface area contributed by atoms with Gasteiger partial charge in [0, 0.05) is 35.0 Å². The molecule has 0 radical (unpaired) electrons. The third kappa shape index (κ3) is 6.08. The standard InChI is InChI=1S/C52H54N2O11S2/c55-16-4-11-38-52-34(19-27(20-37(52)58)18-25-5-1-6-26(17-25)22-56)43(59)31-8-3-10-35(40(31)45(52)61)64-49-46(62)51(63,44(60)36(23-57)65-49)24-50-29-13-12-28-21-53-47-41(42(28)50)39-30(33(50)15-14-29)7-2-9-32(39)48(54-47)67-66-38/h1-3,5-10,17,19-20,29,33-34,36,38,44,46,48-49,53-58,60,62-63H,4,11-16,18,21-24H2. The fraction of sp³-hybridized carbons (Fsp3) is 0.462. The molecule has 2 fully saturated rings. The van der Waals surface area contributed by atoms with Crippen LogP contribution in [0.5, 0.6) is 5.75 Å². The van der Waals surface area contributed by atoms with Crippen molar-refractivity contribution in [3.8, 4) is 5.75 Å². The van der Waals surface area contributed by atoms with Crippen LogP contribution in [0.3, 0.4) is 0 Å². The summed E-state index contributed by atoms with van der Waals surface area (Å²) in [6, 6.07) is 18.4. The molecule has 2 spiro atoms. The molecule has 1 saturated heterocycles. The van der Waals surface area contributed by atoms with Gasteiger partial charge in [0.2, 0.25) is 6.29 Å². The van der Waals surface area contributed by atoms with Gasteiger partial charge >= 0.3 is 0 Å². The summed E-state index contributed by atoms with van der Waals surface area (Å²) in [5, 5.41) is 88.2. The van der Waals surface area contributed by atoms with Crippen molar-refractivity contribution in [2.75, 3.05) is 19.8 Å². The van der Waals surface area contributed by atoms with Crippen molar-refractivity contribution in [3.63, 3.8) is 0 Å². The molecule has 0 aromatic heterocycles. The second kappa shape index (κ2) is 16.1. The van der Waals surface area contributed by atoms with Crippen molar-refractivity contribution in [2.45, 2.75) is 105 Å². The van der Waals surface area contributed by atoms with Gasteiger partial charge in [-0.25, -0.2) is 0 Å². The first-order chi connectivity index (χ1) is 32.5. The van der Waals surface area contributed by atoms with Gasteiger partial charge in [-0.2, -0.15) is 0 Å². The number of dihydropyridines is 1. The number of rotatable bonds is 7. The minimum atomic E-state index is -2.28. The minimum Gasteiger partial charge on any atom is -0.511 e. The van der Waals surface area contributed by atoms with Crippen LogP contribution >= 0.6 is 21.6 Å². The molecule has 67 heavy (non-hydrogen) atoms. The number of allylic oxidation sites excluding steroid dienone is 6. The number of aliphatic hydroxyl groups excluding tert-OH is 6. The summed E-state index contributed by atoms with van der Waals surface area (Å²) < 4.78 is 12.7. The maximum Gasteiger partial charge on any atom is 0.229 e. The van der Waals surface area contributed by atoms with E-state index < -0.39 is 70.4 Å². The highest BCUT2D eigenvalue weighted by Gasteiger charge is 2.68. The first-order valence-electron chi connectivity index (χ1n) is 23.6. The SMILES string of the molecule is O=C1c2cccc3c2C(=O)C2(C(O)=CC(Cc4cccc(CO)c4)=CC12)C(CCCO)SSC1NC2=C4C5=C(CCC6CCC(c7cccc1c74)C56CC1(O)C(O)C(CO)OC(O3)C1O)CN2. The Balaban J connectivity index is 1.08. The Hall–Kier alpha value is -4.42. The molecule has 3 aromatic carbocycles. The van der Waals surface area contributed by atoms with E-state index in [1.807, 2.05) is 24.3 Å². The third-order valence-electron chi connectivity index (χ3n) is 16.8. The van der Waals surface area contributed by atoms with Crippen molar-refractivity contribution >= 4 is 38.7 Å². The zero-order chi connectivity index (χ0) is 46.1. The van der Waals surface area contributed by atoms with Crippen LogP contribution in [0.15, 0.2) is 101 Å². The van der Waals surface area contributed by atoms with Gasteiger partial charge in [0.15, 0.2) is 11.6 Å². The molecule has 12 unspecified atom stereocenters. The average Bonchev–Trinajstić information content (AvgIpc) is 3.71. The Morgan fingerprint density at radius 3 is 2.52 bits per heavy atom. The summed E-state index contributed by atoms with van der Waals surface area (Å²) in [5.74, 6) is -1.75. The lowest BCUT2D eigenvalue weighted by molar-refractivity contribution is -0.320. The quantitative estimate of drug-likeness (QED) is 0.135. The topological polar surface area (TPSA) is 218 Å². The summed E-state index contributed by atoms with van der Waals surface area (Å²) >= 11 is 0. The smallest absolute Gasteiger partial charge is 0.229 e. The minimum absolute atomic E-state index is 0.0448. The van der Waals surface area contributed by atoms with E-state index in [1.165, 1.54) is 33.2 Å². The molecule has 5 aliphatic carbocycles. The maximum atomic E-state index is 16.0. The Morgan fingerprint density at radius 2 is 1.70 bits per heavy atom. The Labute approximate surface area is 395 Å². The highest BCUT2D eigenvalue weighted by atomic mass is 33.1. The molecule has 9 N–H and O–H groups in total. The van der Waals surface area contributed by atoms with Crippen molar-refractivity contribution in [2.24, 2.45) is 22.7 Å². The Morgan fingerprint density at radius 1 is 0.896 bits per heavy atom. The van der Waals surface area contributed by atoms with E-state index in [0.717, 1.165) is 64.9 Å². The number of aliphatic hydroxyl groups is 7. The molecule has 13 rings (SSSR count). The van der Waals surface area contributed by atoms with Crippen LogP contribution in [0.2, 0.25) is 0 Å². The number of fused-ring (bicyclic) bond motifs is 2. The lowest BCUT2D eigenvalue weighted by Crippen LogP contribution is -2.70. The summed E-state index contributed by atoms with van der Waals surface area (Å²) in [4.78, 5) is 31.4. The maximum absolute atomic E-state index is 16.0. The zero-order valence-electron chi connectivity index (χ0n) is 36.7. The second-order valence-corrected chi connectivity index (χ2v) is 22.5. The van der Waals surface area contributed by atoms with Crippen molar-refractivity contribution in [1.82, 2.24) is 10.6 Å². The van der Waals surface area contributed by atoms with Crippen molar-refractivity contribution < 1.29 is 54.8 Å². The van der Waals surface area contributed by atoms with Crippen LogP contribution < -0.4 is 15.4 Å². The molecule has 12 bridgehead atoms. The van der Waals surface area contributed by atoms with Crippen LogP contribution in [-0.4, -0.2) is 103 Å². The summed E-state index contributed by atoms with van der Waals surface area (Å²) in [6.45, 7) is -0.501. The fourth-order valence-electron chi connectivity index (χ4n) is 13.9. The lowest BCUT2D eigenvalue weighted by Gasteiger charge is -2.59. The van der Waals surface area contributed by atoms with Gasteiger partial charge in [0.1, 0.15) is 52.0 Å². The number of nitrogens with one attached hydrogen (secondary N) is 2. The number of hydrogen-bond acceptors (Lipinski definition) is 15. The molecule has 5 aliphatic heterocycles. The second-order valence-electron chi connectivity index (χ2n) is 19.9. The van der Waals surface area contributed by atoms with Gasteiger partial charge in [-0.1, -0.05) is 82.3 Å². The van der Waals surface area contributed by atoms with E-state index in [4.69, 9.17) is 9.47 Å². The molecule has 13 nitrogen and oxygen atoms in total. The van der Waals surface area contributed by atoms with Crippen LogP contribution in [0.1, 0.15) is 105 Å². The zero-order valence-corrected chi connectivity index (χ0v) is 38.3. The highest BCUT2D eigenvalue weighted by Crippen LogP contribution is 2.73. The number of carbonyl (C=O) groups is 2. The van der Waals surface area contributed by atoms with Gasteiger partial charge in [0.05, 0.1) is 24.7 Å². The van der Waals surface area contributed by atoms with Gasteiger partial charge in [0.25, 0.3) is 0 Å². The number of carbonyl (C=O) groups excluding carboxylic acids is 2. The highest BCUT2D eigenvalue weighted by molar-refractivity contribution is 8.77. The van der Waals surface area contributed by atoms with E-state index in [2.05, 4.69) is 28.8 Å². The molecule has 15 heteroatoms. The normalized spacial score (nSPS) is 36.6. The van der Waals surface area contributed by atoms with E-state index >= 15 is 9.59 Å². The van der Waals surface area contributed by atoms with Crippen LogP contribution in [0, 0.1) is 22.7 Å². The average molecular weight is 947 g/mol. The first-order valence-corrected chi connectivity index (χ1v) is 25.8. The van der Waals surface area contributed by atoms with Gasteiger partial charge in [-0.15, -0.1) is 0 Å². The molecule has 3 aromatic rings. The molecule has 5 heterocycles. The van der Waals surface area contributed by atoms with Gasteiger partial charge < -0.3 is 55.9 Å². The molecule has 0 amide bonds. The third-order valence-corrected chi connectivity index (χ3v) is 19.9. The van der Waals surface area contributed by atoms with E-state index in [1.54, 1.807) is 24.3 Å². The largest absolute Gasteiger partial charge is 0.511 e. The first kappa shape index (κ1) is 43.8. The molecular weight excluding hydrogens is 893 g/mol. The monoisotopic (exact) mass is 946 g/mol. The number of ketones is 2. The van der Waals surface area contributed by atoms with Gasteiger partial charge in [-0.3, -0.25) is 9.59 Å². The fourth-order valence-corrected chi connectivity index (χ4v) is 17.4. The Kier molecular flexibility index (Phi) is 10.5. The lowest BCUT2D eigenvalue weighted by atomic mass is 9.49. The predicted molar refractivity (Wildman–Crippen MR) is 251 cm³/mol. The number of benzene rings is 3. The molecular formula is C52H54N2O11S2. The van der Waals surface area contributed by atoms with Crippen LogP contribution in [0.25, 0.3) is 5.57 Å². The van der Waals surface area contributed by atoms with E-state index in [0.29, 0.717) is 24.1 Å². The summed E-state index contributed by atoms with van der Waals surface area (Å²) in [7, 11) is 2.93. The number of hydrogen-bond donors (Lipinski definition) is 9. The van der Waals surface area contributed by atoms with E-state index in [-0.39, 0.29) is 72.3 Å². The number of ether oxygens (including phenoxy) is 2. The summed E-state index contributed by atoms with van der Waals surface area (Å²) in [5.41, 5.74) is 3.90. The molecule has 10 aliphatic rings. The number of Topliss-reactive ketones (excluding diaryl/α,β-unsaturated/α-hetero) is 2.